The second-order valence-electron chi connectivity index (χ2n) is 5.72. The number of hydrogen-bond acceptors (Lipinski definition) is 4. The van der Waals surface area contributed by atoms with Crippen LogP contribution in [0.1, 0.15) is 37.3 Å². The number of nitrogens with one attached hydrogen (secondary N) is 1. The van der Waals surface area contributed by atoms with Gasteiger partial charge in [0.15, 0.2) is 0 Å². The third kappa shape index (κ3) is 3.77. The number of furan rings is 1. The van der Waals surface area contributed by atoms with Crippen LogP contribution in [0.25, 0.3) is 11.1 Å². The van der Waals surface area contributed by atoms with E-state index in [1.165, 1.54) is 5.56 Å². The Labute approximate surface area is 136 Å². The van der Waals surface area contributed by atoms with Crippen molar-refractivity contribution in [1.29, 1.82) is 0 Å². The Balaban J connectivity index is 1.71. The molecule has 0 saturated carbocycles. The minimum atomic E-state index is 0.562. The monoisotopic (exact) mass is 307 g/mol. The van der Waals surface area contributed by atoms with Crippen molar-refractivity contribution in [2.75, 3.05) is 5.32 Å². The molecule has 0 aliphatic carbocycles. The van der Waals surface area contributed by atoms with E-state index in [9.17, 15) is 0 Å². The van der Waals surface area contributed by atoms with Gasteiger partial charge in [0.05, 0.1) is 12.5 Å². The van der Waals surface area contributed by atoms with E-state index in [-0.39, 0.29) is 0 Å². The second kappa shape index (κ2) is 7.09. The highest BCUT2D eigenvalue weighted by molar-refractivity contribution is 5.63. The summed E-state index contributed by atoms with van der Waals surface area (Å²) >= 11 is 0. The molecule has 0 radical (unpaired) electrons. The fraction of sp³-hybridized carbons (Fsp3) is 0.263. The largest absolute Gasteiger partial charge is 0.472 e. The van der Waals surface area contributed by atoms with Gasteiger partial charge in [-0.15, -0.1) is 0 Å². The topological polar surface area (TPSA) is 51.0 Å². The van der Waals surface area contributed by atoms with Gasteiger partial charge in [-0.05, 0) is 29.5 Å². The fourth-order valence-corrected chi connectivity index (χ4v) is 2.40. The highest BCUT2D eigenvalue weighted by atomic mass is 16.3. The molecule has 0 aliphatic rings. The van der Waals surface area contributed by atoms with Crippen LogP contribution in [0.15, 0.2) is 59.7 Å². The van der Waals surface area contributed by atoms with Crippen molar-refractivity contribution in [3.8, 4) is 11.1 Å². The van der Waals surface area contributed by atoms with Crippen LogP contribution >= 0.6 is 0 Å². The third-order valence-electron chi connectivity index (χ3n) is 4.08. The number of benzene rings is 1. The minimum Gasteiger partial charge on any atom is -0.472 e. The van der Waals surface area contributed by atoms with Gasteiger partial charge in [0, 0.05) is 30.1 Å². The molecule has 0 bridgehead atoms. The van der Waals surface area contributed by atoms with Crippen LogP contribution in [0, 0.1) is 0 Å². The molecule has 3 rings (SSSR count). The van der Waals surface area contributed by atoms with Gasteiger partial charge in [0.2, 0.25) is 5.95 Å². The maximum Gasteiger partial charge on any atom is 0.222 e. The van der Waals surface area contributed by atoms with E-state index in [0.29, 0.717) is 18.4 Å². The van der Waals surface area contributed by atoms with Gasteiger partial charge in [0.25, 0.3) is 0 Å². The number of aromatic nitrogens is 2. The lowest BCUT2D eigenvalue weighted by atomic mass is 9.95. The third-order valence-corrected chi connectivity index (χ3v) is 4.08. The number of hydrogen-bond donors (Lipinski definition) is 1. The molecule has 0 aliphatic heterocycles. The summed E-state index contributed by atoms with van der Waals surface area (Å²) in [5.41, 5.74) is 4.61. The fourth-order valence-electron chi connectivity index (χ4n) is 2.40. The molecule has 1 atom stereocenters. The Bertz CT molecular complexity index is 736. The average molecular weight is 307 g/mol. The standard InChI is InChI=1S/C19H21N3O/c1-3-14(2)16-5-4-6-17(9-16)18-11-21-19(22-12-18)20-10-15-7-8-23-13-15/h4-9,11-14H,3,10H2,1-2H3,(H,20,21,22)/t14-/m1/s1. The smallest absolute Gasteiger partial charge is 0.222 e. The molecule has 3 aromatic rings. The normalized spacial score (nSPS) is 12.1. The Morgan fingerprint density at radius 2 is 1.96 bits per heavy atom. The minimum absolute atomic E-state index is 0.562. The van der Waals surface area contributed by atoms with Crippen LogP contribution in [-0.2, 0) is 6.54 Å². The van der Waals surface area contributed by atoms with Crippen molar-refractivity contribution in [2.45, 2.75) is 32.7 Å². The van der Waals surface area contributed by atoms with Crippen LogP contribution in [0.5, 0.6) is 0 Å². The number of anilines is 1. The van der Waals surface area contributed by atoms with Gasteiger partial charge in [-0.25, -0.2) is 9.97 Å². The van der Waals surface area contributed by atoms with Gasteiger partial charge in [0.1, 0.15) is 0 Å². The predicted molar refractivity (Wildman–Crippen MR) is 92.2 cm³/mol. The summed E-state index contributed by atoms with van der Waals surface area (Å²) in [5.74, 6) is 1.18. The van der Waals surface area contributed by atoms with E-state index in [1.54, 1.807) is 12.5 Å². The lowest BCUT2D eigenvalue weighted by Gasteiger charge is -2.11. The van der Waals surface area contributed by atoms with Crippen LogP contribution in [0.3, 0.4) is 0 Å². The molecule has 118 valence electrons. The van der Waals surface area contributed by atoms with Crippen LogP contribution in [-0.4, -0.2) is 9.97 Å². The van der Waals surface area contributed by atoms with Gasteiger partial charge in [-0.1, -0.05) is 38.1 Å². The summed E-state index contributed by atoms with van der Waals surface area (Å²) in [7, 11) is 0. The maximum atomic E-state index is 5.04. The number of nitrogens with zero attached hydrogens (tertiary/aromatic N) is 2. The van der Waals surface area contributed by atoms with Crippen molar-refractivity contribution < 1.29 is 4.42 Å². The second-order valence-corrected chi connectivity index (χ2v) is 5.72. The Kier molecular flexibility index (Phi) is 4.71. The van der Waals surface area contributed by atoms with Crippen LogP contribution < -0.4 is 5.32 Å². The van der Waals surface area contributed by atoms with Crippen molar-refractivity contribution in [3.63, 3.8) is 0 Å². The lowest BCUT2D eigenvalue weighted by molar-refractivity contribution is 0.564. The van der Waals surface area contributed by atoms with Gasteiger partial charge < -0.3 is 9.73 Å². The van der Waals surface area contributed by atoms with Crippen molar-refractivity contribution >= 4 is 5.95 Å². The average Bonchev–Trinajstić information content (AvgIpc) is 3.13. The van der Waals surface area contributed by atoms with Crippen molar-refractivity contribution in [3.05, 3.63) is 66.4 Å². The molecule has 2 heterocycles. The molecular formula is C19H21N3O. The number of rotatable bonds is 6. The van der Waals surface area contributed by atoms with Gasteiger partial charge >= 0.3 is 0 Å². The molecule has 0 saturated heterocycles. The molecule has 0 spiro atoms. The SMILES string of the molecule is CC[C@@H](C)c1cccc(-c2cnc(NCc3ccoc3)nc2)c1. The summed E-state index contributed by atoms with van der Waals surface area (Å²) in [6.45, 7) is 5.11. The van der Waals surface area contributed by atoms with Crippen molar-refractivity contribution in [2.24, 2.45) is 0 Å². The molecular weight excluding hydrogens is 286 g/mol. The first-order valence-corrected chi connectivity index (χ1v) is 7.93. The van der Waals surface area contributed by atoms with Crippen molar-refractivity contribution in [1.82, 2.24) is 9.97 Å². The van der Waals surface area contributed by atoms with E-state index in [1.807, 2.05) is 18.5 Å². The Hall–Kier alpha value is -2.62. The lowest BCUT2D eigenvalue weighted by Crippen LogP contribution is -2.02. The molecule has 4 heteroatoms. The Morgan fingerprint density at radius 1 is 1.13 bits per heavy atom. The molecule has 1 aromatic carbocycles. The van der Waals surface area contributed by atoms with E-state index >= 15 is 0 Å². The predicted octanol–water partition coefficient (Wildman–Crippen LogP) is 4.86. The molecule has 0 unspecified atom stereocenters. The van der Waals surface area contributed by atoms with E-state index < -0.39 is 0 Å². The zero-order valence-corrected chi connectivity index (χ0v) is 13.5. The quantitative estimate of drug-likeness (QED) is 0.706. The van der Waals surface area contributed by atoms with Crippen LogP contribution in [0.2, 0.25) is 0 Å². The van der Waals surface area contributed by atoms with E-state index in [2.05, 4.69) is 53.4 Å². The molecule has 1 N–H and O–H groups in total. The van der Waals surface area contributed by atoms with E-state index in [0.717, 1.165) is 23.1 Å². The zero-order valence-electron chi connectivity index (χ0n) is 13.5. The maximum absolute atomic E-state index is 5.04. The summed E-state index contributed by atoms with van der Waals surface area (Å²) in [5, 5.41) is 3.18. The summed E-state index contributed by atoms with van der Waals surface area (Å²) < 4.78 is 5.04. The summed E-state index contributed by atoms with van der Waals surface area (Å²) in [6, 6.07) is 10.5. The zero-order chi connectivity index (χ0) is 16.1. The first-order chi connectivity index (χ1) is 11.3. The molecule has 0 fully saturated rings. The first kappa shape index (κ1) is 15.3. The summed E-state index contributed by atoms with van der Waals surface area (Å²) in [4.78, 5) is 8.79. The molecule has 2 aromatic heterocycles. The van der Waals surface area contributed by atoms with Gasteiger partial charge in [-0.3, -0.25) is 0 Å². The van der Waals surface area contributed by atoms with E-state index in [4.69, 9.17) is 4.42 Å². The van der Waals surface area contributed by atoms with Gasteiger partial charge in [-0.2, -0.15) is 0 Å². The molecule has 23 heavy (non-hydrogen) atoms. The highest BCUT2D eigenvalue weighted by Crippen LogP contribution is 2.25. The molecule has 0 amide bonds. The highest BCUT2D eigenvalue weighted by Gasteiger charge is 2.06. The van der Waals surface area contributed by atoms with Crippen LogP contribution in [0.4, 0.5) is 5.95 Å². The Morgan fingerprint density at radius 3 is 2.65 bits per heavy atom. The summed E-state index contributed by atoms with van der Waals surface area (Å²) in [6.07, 6.45) is 8.23. The first-order valence-electron chi connectivity index (χ1n) is 7.93. The molecule has 4 nitrogen and oxygen atoms in total.